The third-order valence-electron chi connectivity index (χ3n) is 5.36. The minimum absolute atomic E-state index is 0.0402. The number of carbonyl (C=O) groups excluding carboxylic acids is 1. The van der Waals surface area contributed by atoms with Gasteiger partial charge in [0, 0.05) is 35.6 Å². The van der Waals surface area contributed by atoms with Crippen molar-refractivity contribution in [1.82, 2.24) is 10.2 Å². The number of hydrogen-bond acceptors (Lipinski definition) is 2. The van der Waals surface area contributed by atoms with Crippen molar-refractivity contribution >= 4 is 21.8 Å². The summed E-state index contributed by atoms with van der Waals surface area (Å²) in [6.07, 6.45) is -3.93. The van der Waals surface area contributed by atoms with Gasteiger partial charge < -0.3 is 10.2 Å². The van der Waals surface area contributed by atoms with E-state index in [0.29, 0.717) is 25.1 Å². The summed E-state index contributed by atoms with van der Waals surface area (Å²) < 4.78 is 53.7. The standard InChI is InChI=1S/C21H21BrF4N2O/c1-12-3-4-13(9-18(12)23)17-11-27-6-5-19(17)28(2)20(29)14-7-15(21(24,25)26)10-16(22)8-14/h3-4,7-10,17,19,27H,5-6,11H2,1-2H3/t17-,19+/m0/s1. The van der Waals surface area contributed by atoms with Crippen LogP contribution in [0.25, 0.3) is 0 Å². The molecular formula is C21H21BrF4N2O. The summed E-state index contributed by atoms with van der Waals surface area (Å²) >= 11 is 3.06. The highest BCUT2D eigenvalue weighted by molar-refractivity contribution is 9.10. The number of carbonyl (C=O) groups is 1. The SMILES string of the molecule is Cc1ccc([C@@H]2CNCC[C@H]2N(C)C(=O)c2cc(Br)cc(C(F)(F)F)c2)cc1F. The molecule has 0 saturated carbocycles. The van der Waals surface area contributed by atoms with Gasteiger partial charge in [0.05, 0.1) is 5.56 Å². The molecule has 0 aromatic heterocycles. The van der Waals surface area contributed by atoms with Gasteiger partial charge in [0.1, 0.15) is 5.82 Å². The van der Waals surface area contributed by atoms with Crippen molar-refractivity contribution < 1.29 is 22.4 Å². The highest BCUT2D eigenvalue weighted by atomic mass is 79.9. The van der Waals surface area contributed by atoms with E-state index in [1.165, 1.54) is 17.0 Å². The highest BCUT2D eigenvalue weighted by Gasteiger charge is 2.35. The summed E-state index contributed by atoms with van der Waals surface area (Å²) in [5.74, 6) is -0.981. The molecule has 8 heteroatoms. The molecule has 2 aromatic carbocycles. The van der Waals surface area contributed by atoms with Crippen LogP contribution in [-0.2, 0) is 6.18 Å². The lowest BCUT2D eigenvalue weighted by molar-refractivity contribution is -0.137. The maximum atomic E-state index is 14.1. The Morgan fingerprint density at radius 1 is 1.21 bits per heavy atom. The van der Waals surface area contributed by atoms with Crippen molar-refractivity contribution in [1.29, 1.82) is 0 Å². The molecule has 1 fully saturated rings. The van der Waals surface area contributed by atoms with Crippen LogP contribution in [-0.4, -0.2) is 37.0 Å². The number of amides is 1. The van der Waals surface area contributed by atoms with Gasteiger partial charge in [0.25, 0.3) is 5.91 Å². The zero-order valence-corrected chi connectivity index (χ0v) is 17.6. The molecule has 1 N–H and O–H groups in total. The molecule has 0 unspecified atom stereocenters. The fraction of sp³-hybridized carbons (Fsp3) is 0.381. The lowest BCUT2D eigenvalue weighted by Gasteiger charge is -2.39. The first-order chi connectivity index (χ1) is 13.6. The Balaban J connectivity index is 1.91. The molecule has 0 bridgehead atoms. The lowest BCUT2D eigenvalue weighted by Crippen LogP contribution is -2.49. The highest BCUT2D eigenvalue weighted by Crippen LogP contribution is 2.33. The van der Waals surface area contributed by atoms with Crippen LogP contribution in [0.1, 0.15) is 39.4 Å². The van der Waals surface area contributed by atoms with Crippen LogP contribution in [0.3, 0.4) is 0 Å². The van der Waals surface area contributed by atoms with Gasteiger partial charge >= 0.3 is 6.18 Å². The quantitative estimate of drug-likeness (QED) is 0.627. The maximum Gasteiger partial charge on any atom is 0.416 e. The van der Waals surface area contributed by atoms with Gasteiger partial charge in [-0.05, 0) is 55.3 Å². The third-order valence-corrected chi connectivity index (χ3v) is 5.82. The first kappa shape index (κ1) is 21.8. The fourth-order valence-corrected chi connectivity index (χ4v) is 4.21. The van der Waals surface area contributed by atoms with Gasteiger partial charge in [0.15, 0.2) is 0 Å². The Bertz CT molecular complexity index is 916. The number of piperidine rings is 1. The monoisotopic (exact) mass is 472 g/mol. The smallest absolute Gasteiger partial charge is 0.338 e. The molecule has 0 aliphatic carbocycles. The van der Waals surface area contributed by atoms with Crippen molar-refractivity contribution in [2.75, 3.05) is 20.1 Å². The van der Waals surface area contributed by atoms with Crippen molar-refractivity contribution in [3.05, 3.63) is 68.9 Å². The van der Waals surface area contributed by atoms with Gasteiger partial charge in [-0.1, -0.05) is 28.1 Å². The number of nitrogens with one attached hydrogen (secondary N) is 1. The summed E-state index contributed by atoms with van der Waals surface area (Å²) in [5, 5.41) is 3.25. The van der Waals surface area contributed by atoms with E-state index in [0.717, 1.165) is 17.7 Å². The largest absolute Gasteiger partial charge is 0.416 e. The molecule has 0 radical (unpaired) electrons. The first-order valence-electron chi connectivity index (χ1n) is 9.19. The zero-order valence-electron chi connectivity index (χ0n) is 16.0. The van der Waals surface area contributed by atoms with E-state index in [2.05, 4.69) is 21.2 Å². The van der Waals surface area contributed by atoms with E-state index in [4.69, 9.17) is 0 Å². The Kier molecular flexibility index (Phi) is 6.33. The molecule has 1 amide bonds. The predicted octanol–water partition coefficient (Wildman–Crippen LogP) is 5.13. The molecule has 1 heterocycles. The minimum Gasteiger partial charge on any atom is -0.338 e. The van der Waals surface area contributed by atoms with E-state index < -0.39 is 17.6 Å². The Labute approximate surface area is 175 Å². The van der Waals surface area contributed by atoms with Crippen molar-refractivity contribution in [2.45, 2.75) is 31.5 Å². The first-order valence-corrected chi connectivity index (χ1v) is 9.99. The number of halogens is 5. The molecule has 1 aliphatic heterocycles. The molecule has 156 valence electrons. The summed E-state index contributed by atoms with van der Waals surface area (Å²) in [6, 6.07) is 7.93. The van der Waals surface area contributed by atoms with Crippen molar-refractivity contribution in [2.24, 2.45) is 0 Å². The molecule has 0 spiro atoms. The van der Waals surface area contributed by atoms with Gasteiger partial charge in [-0.3, -0.25) is 4.79 Å². The normalized spacial score (nSPS) is 19.8. The van der Waals surface area contributed by atoms with E-state index in [9.17, 15) is 22.4 Å². The number of alkyl halides is 3. The maximum absolute atomic E-state index is 14.1. The number of aryl methyl sites for hydroxylation is 1. The van der Waals surface area contributed by atoms with Crippen molar-refractivity contribution in [3.8, 4) is 0 Å². The van der Waals surface area contributed by atoms with Crippen LogP contribution in [0.4, 0.5) is 17.6 Å². The summed E-state index contributed by atoms with van der Waals surface area (Å²) in [4.78, 5) is 14.5. The molecular weight excluding hydrogens is 452 g/mol. The lowest BCUT2D eigenvalue weighted by atomic mass is 9.85. The van der Waals surface area contributed by atoms with E-state index in [-0.39, 0.29) is 27.8 Å². The number of rotatable bonds is 3. The predicted molar refractivity (Wildman–Crippen MR) is 106 cm³/mol. The molecule has 29 heavy (non-hydrogen) atoms. The summed E-state index contributed by atoms with van der Waals surface area (Å²) in [7, 11) is 1.59. The van der Waals surface area contributed by atoms with Gasteiger partial charge in [0.2, 0.25) is 0 Å². The Morgan fingerprint density at radius 3 is 2.59 bits per heavy atom. The number of likely N-dealkylation sites (N-methyl/N-ethyl adjacent to an activating group) is 1. The van der Waals surface area contributed by atoms with Crippen molar-refractivity contribution in [3.63, 3.8) is 0 Å². The topological polar surface area (TPSA) is 32.3 Å². The second-order valence-corrected chi connectivity index (χ2v) is 8.23. The molecule has 3 nitrogen and oxygen atoms in total. The third kappa shape index (κ3) is 4.80. The second kappa shape index (κ2) is 8.44. The number of hydrogen-bond donors (Lipinski definition) is 1. The van der Waals surface area contributed by atoms with E-state index in [1.54, 1.807) is 20.0 Å². The number of benzene rings is 2. The molecule has 2 atom stereocenters. The second-order valence-electron chi connectivity index (χ2n) is 7.32. The van der Waals surface area contributed by atoms with E-state index in [1.807, 2.05) is 6.07 Å². The average molecular weight is 473 g/mol. The van der Waals surface area contributed by atoms with E-state index >= 15 is 0 Å². The van der Waals surface area contributed by atoms with Crippen LogP contribution >= 0.6 is 15.9 Å². The Hall–Kier alpha value is -1.93. The zero-order chi connectivity index (χ0) is 21.3. The van der Waals surface area contributed by atoms with Gasteiger partial charge in [-0.2, -0.15) is 13.2 Å². The van der Waals surface area contributed by atoms with Crippen LogP contribution in [0.15, 0.2) is 40.9 Å². The minimum atomic E-state index is -4.55. The molecule has 1 aliphatic rings. The van der Waals surface area contributed by atoms with Crippen LogP contribution in [0.5, 0.6) is 0 Å². The van der Waals surface area contributed by atoms with Crippen LogP contribution < -0.4 is 5.32 Å². The van der Waals surface area contributed by atoms with Gasteiger partial charge in [-0.15, -0.1) is 0 Å². The number of nitrogens with zero attached hydrogens (tertiary/aromatic N) is 1. The molecule has 2 aromatic rings. The van der Waals surface area contributed by atoms with Gasteiger partial charge in [-0.25, -0.2) is 4.39 Å². The Morgan fingerprint density at radius 2 is 1.93 bits per heavy atom. The fourth-order valence-electron chi connectivity index (χ4n) is 3.72. The summed E-state index contributed by atoms with van der Waals surface area (Å²) in [5.41, 5.74) is 0.371. The van der Waals surface area contributed by atoms with Crippen LogP contribution in [0, 0.1) is 12.7 Å². The summed E-state index contributed by atoms with van der Waals surface area (Å²) in [6.45, 7) is 2.90. The molecule has 3 rings (SSSR count). The van der Waals surface area contributed by atoms with Crippen LogP contribution in [0.2, 0.25) is 0 Å². The molecule has 1 saturated heterocycles. The average Bonchev–Trinajstić information content (AvgIpc) is 2.68.